The summed E-state index contributed by atoms with van der Waals surface area (Å²) in [5.74, 6) is 0.375. The van der Waals surface area contributed by atoms with Crippen molar-refractivity contribution in [2.75, 3.05) is 0 Å². The summed E-state index contributed by atoms with van der Waals surface area (Å²) in [7, 11) is 2.07. The van der Waals surface area contributed by atoms with E-state index in [1.54, 1.807) is 0 Å². The Bertz CT molecular complexity index is 1880. The van der Waals surface area contributed by atoms with Gasteiger partial charge in [0.2, 0.25) is 5.69 Å². The van der Waals surface area contributed by atoms with Crippen LogP contribution in [0.2, 0.25) is 0 Å². The van der Waals surface area contributed by atoms with E-state index in [1.165, 1.54) is 48.5 Å². The minimum Gasteiger partial charge on any atom is -0.507 e. The first-order chi connectivity index (χ1) is 18.1. The molecule has 3 heteroatoms. The molecule has 0 radical (unpaired) electrons. The average molecular weight is 497 g/mol. The Labute approximate surface area is 220 Å². The molecule has 37 heavy (non-hydrogen) atoms. The zero-order valence-corrected chi connectivity index (χ0v) is 21.9. The molecule has 0 saturated carbocycles. The third-order valence-corrected chi connectivity index (χ3v) is 9.02. The number of rotatable bonds is 1. The van der Waals surface area contributed by atoms with Gasteiger partial charge in [0.1, 0.15) is 12.8 Å². The Morgan fingerprint density at radius 2 is 1.11 bits per heavy atom. The van der Waals surface area contributed by atoms with Gasteiger partial charge in [-0.2, -0.15) is 0 Å². The molecule has 0 spiro atoms. The summed E-state index contributed by atoms with van der Waals surface area (Å²) in [6.07, 6.45) is 2.07. The van der Waals surface area contributed by atoms with Gasteiger partial charge in [0.05, 0.1) is 10.3 Å². The molecule has 0 saturated heterocycles. The molecule has 0 atom stereocenters. The molecule has 4 aromatic carbocycles. The summed E-state index contributed by atoms with van der Waals surface area (Å²) < 4.78 is 3.36. The number of aromatic nitrogens is 1. The number of aryl methyl sites for hydroxylation is 2. The predicted octanol–water partition coefficient (Wildman–Crippen LogP) is 8.70. The molecule has 0 unspecified atom stereocenters. The van der Waals surface area contributed by atoms with Crippen LogP contribution in [0.3, 0.4) is 0 Å². The van der Waals surface area contributed by atoms with Crippen molar-refractivity contribution < 1.29 is 9.67 Å². The Balaban J connectivity index is 1.74. The summed E-state index contributed by atoms with van der Waals surface area (Å²) in [5, 5.41) is 12.6. The van der Waals surface area contributed by atoms with E-state index in [0.717, 1.165) is 27.8 Å². The zero-order valence-electron chi connectivity index (χ0n) is 21.0. The van der Waals surface area contributed by atoms with E-state index in [1.807, 2.05) is 24.3 Å². The van der Waals surface area contributed by atoms with Crippen molar-refractivity contribution in [1.82, 2.24) is 0 Å². The first kappa shape index (κ1) is 22.0. The second kappa shape index (κ2) is 8.16. The largest absolute Gasteiger partial charge is 0.507 e. The molecule has 178 valence electrons. The molecule has 0 bridgehead atoms. The smallest absolute Gasteiger partial charge is 0.214 e. The van der Waals surface area contributed by atoms with E-state index >= 15 is 0 Å². The highest BCUT2D eigenvalue weighted by molar-refractivity contribution is 7.23. The van der Waals surface area contributed by atoms with Crippen LogP contribution in [0.5, 0.6) is 5.75 Å². The highest BCUT2D eigenvalue weighted by atomic mass is 32.1. The Hall–Kier alpha value is -4.21. The maximum Gasteiger partial charge on any atom is 0.214 e. The summed E-state index contributed by atoms with van der Waals surface area (Å²) in [5.41, 5.74) is 12.7. The highest BCUT2D eigenvalue weighted by Crippen LogP contribution is 2.56. The number of pyridine rings is 1. The number of hydrogen-bond donors (Lipinski definition) is 1. The number of aromatic hydroxyl groups is 1. The average Bonchev–Trinajstić information content (AvgIpc) is 3.32. The quantitative estimate of drug-likeness (QED) is 0.226. The fourth-order valence-corrected chi connectivity index (χ4v) is 7.52. The lowest BCUT2D eigenvalue weighted by Crippen LogP contribution is -2.30. The second-order valence-corrected chi connectivity index (χ2v) is 10.8. The van der Waals surface area contributed by atoms with Gasteiger partial charge in [0.25, 0.3) is 0 Å². The zero-order chi connectivity index (χ0) is 25.3. The van der Waals surface area contributed by atoms with Crippen LogP contribution in [0.15, 0.2) is 97.2 Å². The number of phenolic OH excluding ortho intramolecular Hbond substituents is 1. The monoisotopic (exact) mass is 496 g/mol. The Morgan fingerprint density at radius 1 is 0.595 bits per heavy atom. The minimum atomic E-state index is 0.375. The van der Waals surface area contributed by atoms with Gasteiger partial charge in [-0.25, -0.2) is 4.57 Å². The first-order valence-corrected chi connectivity index (χ1v) is 13.4. The summed E-state index contributed by atoms with van der Waals surface area (Å²) in [4.78, 5) is 1.25. The van der Waals surface area contributed by atoms with Crippen molar-refractivity contribution in [3.63, 3.8) is 0 Å². The molecule has 2 heterocycles. The lowest BCUT2D eigenvalue weighted by atomic mass is 9.82. The van der Waals surface area contributed by atoms with Crippen molar-refractivity contribution >= 4 is 21.4 Å². The van der Waals surface area contributed by atoms with E-state index in [0.29, 0.717) is 5.75 Å². The first-order valence-electron chi connectivity index (χ1n) is 12.6. The molecule has 1 N–H and O–H groups in total. The molecule has 2 aromatic heterocycles. The lowest BCUT2D eigenvalue weighted by Gasteiger charge is -2.21. The number of benzene rings is 4. The van der Waals surface area contributed by atoms with Crippen LogP contribution in [0.25, 0.3) is 65.2 Å². The van der Waals surface area contributed by atoms with Gasteiger partial charge in [-0.05, 0) is 47.7 Å². The second-order valence-electron chi connectivity index (χ2n) is 9.82. The van der Waals surface area contributed by atoms with E-state index in [2.05, 4.69) is 110 Å². The summed E-state index contributed by atoms with van der Waals surface area (Å²) in [6.45, 7) is 4.10. The Kier molecular flexibility index (Phi) is 4.85. The number of phenols is 1. The van der Waals surface area contributed by atoms with E-state index in [-0.39, 0.29) is 0 Å². The van der Waals surface area contributed by atoms with E-state index < -0.39 is 0 Å². The van der Waals surface area contributed by atoms with Crippen LogP contribution >= 0.6 is 11.3 Å². The summed E-state index contributed by atoms with van der Waals surface area (Å²) >= 11 is 1.85. The number of nitrogens with zero attached hydrogens (tertiary/aromatic N) is 1. The van der Waals surface area contributed by atoms with Gasteiger partial charge >= 0.3 is 0 Å². The van der Waals surface area contributed by atoms with Gasteiger partial charge in [0.15, 0.2) is 6.20 Å². The molecule has 2 nitrogen and oxygen atoms in total. The van der Waals surface area contributed by atoms with Crippen molar-refractivity contribution in [2.45, 2.75) is 13.8 Å². The van der Waals surface area contributed by atoms with Crippen LogP contribution < -0.4 is 4.57 Å². The van der Waals surface area contributed by atoms with Crippen LogP contribution in [-0.2, 0) is 7.05 Å². The predicted molar refractivity (Wildman–Crippen MR) is 155 cm³/mol. The fourth-order valence-electron chi connectivity index (χ4n) is 6.00. The standard InChI is InChI=1S/C34H25NOS/c1-20-29(28-18-10-11-19-35(28)3)34-30(21(2)32(20)36)31-26-16-8-6-14-24(26)22-12-4-5-13-23(22)25-15-7-9-17-27(25)33(31)37-34/h4-19H,1-3H3/p+1. The lowest BCUT2D eigenvalue weighted by molar-refractivity contribution is -0.660. The van der Waals surface area contributed by atoms with Gasteiger partial charge < -0.3 is 5.11 Å². The van der Waals surface area contributed by atoms with E-state index in [9.17, 15) is 5.11 Å². The van der Waals surface area contributed by atoms with Gasteiger partial charge in [-0.1, -0.05) is 72.8 Å². The third kappa shape index (κ3) is 3.07. The molecular weight excluding hydrogens is 470 g/mol. The summed E-state index contributed by atoms with van der Waals surface area (Å²) in [6, 6.07) is 32.5. The minimum absolute atomic E-state index is 0.375. The molecule has 0 amide bonds. The van der Waals surface area contributed by atoms with Crippen LogP contribution in [0.4, 0.5) is 0 Å². The van der Waals surface area contributed by atoms with Crippen LogP contribution in [-0.4, -0.2) is 5.11 Å². The Morgan fingerprint density at radius 3 is 1.73 bits per heavy atom. The maximum absolute atomic E-state index is 11.5. The van der Waals surface area contributed by atoms with Crippen LogP contribution in [0, 0.1) is 13.8 Å². The number of thiophene rings is 1. The fraction of sp³-hybridized carbons (Fsp3) is 0.0882. The normalized spacial score (nSPS) is 11.8. The molecule has 0 aliphatic heterocycles. The molecule has 6 aromatic rings. The van der Waals surface area contributed by atoms with Gasteiger partial charge in [-0.15, -0.1) is 11.3 Å². The van der Waals surface area contributed by atoms with Crippen molar-refractivity contribution in [1.29, 1.82) is 0 Å². The molecule has 1 aliphatic carbocycles. The van der Waals surface area contributed by atoms with Gasteiger partial charge in [-0.3, -0.25) is 0 Å². The third-order valence-electron chi connectivity index (χ3n) is 7.78. The van der Waals surface area contributed by atoms with E-state index in [4.69, 9.17) is 0 Å². The highest BCUT2D eigenvalue weighted by Gasteiger charge is 2.30. The SMILES string of the molecule is Cc1c(O)c(C)c2c3c(sc2c1-c1cccc[n+]1C)-c1ccccc1-c1ccccc1-c1ccccc1-3. The van der Waals surface area contributed by atoms with Crippen LogP contribution in [0.1, 0.15) is 11.1 Å². The van der Waals surface area contributed by atoms with Gasteiger partial charge in [0, 0.05) is 44.6 Å². The number of hydrogen-bond acceptors (Lipinski definition) is 2. The van der Waals surface area contributed by atoms with Crippen molar-refractivity contribution in [2.24, 2.45) is 7.05 Å². The molecule has 7 rings (SSSR count). The molecule has 0 fully saturated rings. The molecular formula is C34H26NOS+. The van der Waals surface area contributed by atoms with Crippen molar-refractivity contribution in [3.8, 4) is 60.8 Å². The van der Waals surface area contributed by atoms with Crippen molar-refractivity contribution in [3.05, 3.63) is 108 Å². The number of fused-ring (bicyclic) bond motifs is 10. The maximum atomic E-state index is 11.5. The topological polar surface area (TPSA) is 24.1 Å². The molecule has 1 aliphatic rings.